The van der Waals surface area contributed by atoms with Crippen LogP contribution in [0.1, 0.15) is 23.1 Å². The monoisotopic (exact) mass is 593 g/mol. The highest BCUT2D eigenvalue weighted by molar-refractivity contribution is 6.08. The number of alkyl halides is 3. The predicted molar refractivity (Wildman–Crippen MR) is 157 cm³/mol. The average molecular weight is 594 g/mol. The second-order valence-corrected chi connectivity index (χ2v) is 10.9. The van der Waals surface area contributed by atoms with Gasteiger partial charge in [0, 0.05) is 33.3 Å². The fraction of sp³-hybridized carbons (Fsp3) is 0.161. The van der Waals surface area contributed by atoms with Gasteiger partial charge in [-0.3, -0.25) is 19.6 Å². The van der Waals surface area contributed by atoms with E-state index < -0.39 is 17.7 Å². The second kappa shape index (κ2) is 9.73. The van der Waals surface area contributed by atoms with E-state index in [2.05, 4.69) is 35.9 Å². The summed E-state index contributed by atoms with van der Waals surface area (Å²) in [6, 6.07) is 13.6. The molecule has 10 nitrogen and oxygen atoms in total. The lowest BCUT2D eigenvalue weighted by molar-refractivity contribution is -0.137. The Morgan fingerprint density at radius 3 is 2.57 bits per heavy atom. The van der Waals surface area contributed by atoms with Gasteiger partial charge in [0.25, 0.3) is 0 Å². The average Bonchev–Trinajstić information content (AvgIpc) is 3.81. The number of halogens is 3. The number of benzene rings is 3. The first kappa shape index (κ1) is 26.1. The number of carbonyl (C=O) groups is 1. The third kappa shape index (κ3) is 4.27. The van der Waals surface area contributed by atoms with Gasteiger partial charge < -0.3 is 5.32 Å². The Bertz CT molecular complexity index is 2220. The summed E-state index contributed by atoms with van der Waals surface area (Å²) in [5, 5.41) is 27.2. The molecule has 1 aliphatic rings. The summed E-state index contributed by atoms with van der Waals surface area (Å²) in [7, 11) is 0. The molecule has 13 heteroatoms. The molecule has 44 heavy (non-hydrogen) atoms. The number of amides is 1. The summed E-state index contributed by atoms with van der Waals surface area (Å²) in [4.78, 5) is 18.7. The van der Waals surface area contributed by atoms with Gasteiger partial charge in [0.05, 0.1) is 45.9 Å². The van der Waals surface area contributed by atoms with E-state index in [1.165, 1.54) is 29.4 Å². The zero-order valence-electron chi connectivity index (χ0n) is 22.9. The number of anilines is 1. The Hall–Kier alpha value is -5.59. The van der Waals surface area contributed by atoms with Crippen LogP contribution in [0.3, 0.4) is 0 Å². The van der Waals surface area contributed by atoms with Crippen LogP contribution in [0.5, 0.6) is 0 Å². The number of fused-ring (bicyclic) bond motifs is 6. The van der Waals surface area contributed by atoms with Crippen molar-refractivity contribution in [3.05, 3.63) is 90.3 Å². The van der Waals surface area contributed by atoms with Crippen molar-refractivity contribution < 1.29 is 18.0 Å². The van der Waals surface area contributed by atoms with Crippen LogP contribution in [0.4, 0.5) is 18.9 Å². The standard InChI is InChI=1S/C31H22F3N9O/c32-31(33,34)23-11-19(3-8-27(23)43-14-37-38-15-43)39-30(44)17-1-4-20-21(10-17)29(16-2-5-24-18(9-16)12-35-41-24)40-26-7-6-25-22(28(20)26)13-36-42-25/h2-3,5-9,11-15,17H,1,4,10H2,(H,35,41)(H,36,42)(H,39,44). The first-order valence-electron chi connectivity index (χ1n) is 13.9. The molecule has 1 unspecified atom stereocenters. The third-order valence-electron chi connectivity index (χ3n) is 8.33. The molecule has 0 saturated heterocycles. The second-order valence-electron chi connectivity index (χ2n) is 10.9. The molecule has 1 amide bonds. The highest BCUT2D eigenvalue weighted by Crippen LogP contribution is 2.41. The summed E-state index contributed by atoms with van der Waals surface area (Å²) in [6.07, 6.45) is 2.77. The molecule has 3 N–H and O–H groups in total. The van der Waals surface area contributed by atoms with Crippen molar-refractivity contribution in [1.82, 2.24) is 40.1 Å². The molecule has 1 atom stereocenters. The summed E-state index contributed by atoms with van der Waals surface area (Å²) in [5.41, 5.74) is 5.36. The molecule has 0 radical (unpaired) electrons. The van der Waals surface area contributed by atoms with Gasteiger partial charge in [-0.15, -0.1) is 10.2 Å². The Balaban J connectivity index is 1.18. The van der Waals surface area contributed by atoms with Crippen molar-refractivity contribution in [3.8, 4) is 16.9 Å². The van der Waals surface area contributed by atoms with Crippen LogP contribution in [0.25, 0.3) is 49.7 Å². The van der Waals surface area contributed by atoms with Crippen LogP contribution in [0, 0.1) is 5.92 Å². The maximum Gasteiger partial charge on any atom is 0.418 e. The van der Waals surface area contributed by atoms with E-state index in [4.69, 9.17) is 4.98 Å². The minimum atomic E-state index is -4.65. The van der Waals surface area contributed by atoms with Crippen molar-refractivity contribution in [2.45, 2.75) is 25.4 Å². The Morgan fingerprint density at radius 2 is 1.73 bits per heavy atom. The van der Waals surface area contributed by atoms with Gasteiger partial charge in [-0.1, -0.05) is 6.07 Å². The highest BCUT2D eigenvalue weighted by Gasteiger charge is 2.35. The number of aromatic nitrogens is 8. The normalized spacial score (nSPS) is 15.2. The minimum absolute atomic E-state index is 0.0623. The Morgan fingerprint density at radius 1 is 0.932 bits per heavy atom. The lowest BCUT2D eigenvalue weighted by Crippen LogP contribution is -2.29. The van der Waals surface area contributed by atoms with Gasteiger partial charge in [0.15, 0.2) is 0 Å². The van der Waals surface area contributed by atoms with Gasteiger partial charge in [-0.05, 0) is 72.9 Å². The van der Waals surface area contributed by atoms with Crippen LogP contribution >= 0.6 is 0 Å². The lowest BCUT2D eigenvalue weighted by Gasteiger charge is -2.27. The van der Waals surface area contributed by atoms with Gasteiger partial charge in [0.1, 0.15) is 12.7 Å². The number of carbonyl (C=O) groups excluding carboxylic acids is 1. The lowest BCUT2D eigenvalue weighted by atomic mass is 9.79. The summed E-state index contributed by atoms with van der Waals surface area (Å²) < 4.78 is 43.2. The molecule has 8 rings (SSSR count). The van der Waals surface area contributed by atoms with Crippen molar-refractivity contribution in [1.29, 1.82) is 0 Å². The van der Waals surface area contributed by atoms with E-state index in [0.717, 1.165) is 61.2 Å². The number of aromatic amines is 2. The van der Waals surface area contributed by atoms with Gasteiger partial charge in [-0.2, -0.15) is 23.4 Å². The molecule has 4 heterocycles. The number of aryl methyl sites for hydroxylation is 1. The SMILES string of the molecule is O=C(Nc1ccc(-n2cnnc2)c(C(F)(F)F)c1)C1CCc2c(c(-c3ccc4[nH]ncc4c3)nc3ccc4[nH]ncc4c23)C1. The molecule has 0 saturated carbocycles. The number of nitrogens with zero attached hydrogens (tertiary/aromatic N) is 6. The maximum atomic E-state index is 14.0. The quantitative estimate of drug-likeness (QED) is 0.230. The van der Waals surface area contributed by atoms with Gasteiger partial charge in [0.2, 0.25) is 5.91 Å². The Kier molecular flexibility index (Phi) is 5.76. The summed E-state index contributed by atoms with van der Waals surface area (Å²) in [5.74, 6) is -0.827. The Labute approximate surface area is 246 Å². The number of rotatable bonds is 4. The number of pyridine rings is 1. The van der Waals surface area contributed by atoms with Gasteiger partial charge >= 0.3 is 6.18 Å². The number of nitrogens with one attached hydrogen (secondary N) is 3. The van der Waals surface area contributed by atoms with E-state index in [-0.39, 0.29) is 17.3 Å². The third-order valence-corrected chi connectivity index (χ3v) is 8.33. The first-order chi connectivity index (χ1) is 21.3. The van der Waals surface area contributed by atoms with Crippen LogP contribution in [0.15, 0.2) is 73.6 Å². The number of hydrogen-bond donors (Lipinski definition) is 3. The molecule has 4 aromatic heterocycles. The molecule has 1 aliphatic carbocycles. The highest BCUT2D eigenvalue weighted by atomic mass is 19.4. The fourth-order valence-electron chi connectivity index (χ4n) is 6.25. The number of hydrogen-bond acceptors (Lipinski definition) is 6. The van der Waals surface area contributed by atoms with Crippen molar-refractivity contribution in [2.75, 3.05) is 5.32 Å². The minimum Gasteiger partial charge on any atom is -0.326 e. The molecule has 3 aromatic carbocycles. The molecule has 218 valence electrons. The maximum absolute atomic E-state index is 14.0. The van der Waals surface area contributed by atoms with Gasteiger partial charge in [-0.25, -0.2) is 4.98 Å². The van der Waals surface area contributed by atoms with Crippen molar-refractivity contribution in [3.63, 3.8) is 0 Å². The van der Waals surface area contributed by atoms with Crippen molar-refractivity contribution >= 4 is 44.3 Å². The molecular formula is C31H22F3N9O. The predicted octanol–water partition coefficient (Wildman–Crippen LogP) is 6.00. The molecule has 0 fully saturated rings. The zero-order chi connectivity index (χ0) is 30.0. The van der Waals surface area contributed by atoms with Crippen LogP contribution in [0.2, 0.25) is 0 Å². The topological polar surface area (TPSA) is 130 Å². The smallest absolute Gasteiger partial charge is 0.326 e. The molecule has 0 aliphatic heterocycles. The molecule has 7 aromatic rings. The largest absolute Gasteiger partial charge is 0.418 e. The first-order valence-corrected chi connectivity index (χ1v) is 13.9. The van der Waals surface area contributed by atoms with E-state index >= 15 is 0 Å². The summed E-state index contributed by atoms with van der Waals surface area (Å²) >= 11 is 0. The fourth-order valence-corrected chi connectivity index (χ4v) is 6.25. The van der Waals surface area contributed by atoms with E-state index in [9.17, 15) is 18.0 Å². The molecular weight excluding hydrogens is 571 g/mol. The summed E-state index contributed by atoms with van der Waals surface area (Å²) in [6.45, 7) is 0. The van der Waals surface area contributed by atoms with E-state index in [0.29, 0.717) is 19.3 Å². The molecule has 0 spiro atoms. The van der Waals surface area contributed by atoms with Crippen LogP contribution in [-0.4, -0.2) is 46.1 Å². The number of H-pyrrole nitrogens is 2. The van der Waals surface area contributed by atoms with E-state index in [1.807, 2.05) is 30.3 Å². The molecule has 0 bridgehead atoms. The van der Waals surface area contributed by atoms with E-state index in [1.54, 1.807) is 12.4 Å². The van der Waals surface area contributed by atoms with Crippen LogP contribution in [-0.2, 0) is 23.8 Å². The zero-order valence-corrected chi connectivity index (χ0v) is 22.9. The van der Waals surface area contributed by atoms with Crippen molar-refractivity contribution in [2.24, 2.45) is 5.92 Å². The van der Waals surface area contributed by atoms with Crippen LogP contribution < -0.4 is 5.32 Å².